The molecule has 1 aromatic heterocycles. The van der Waals surface area contributed by atoms with E-state index in [1.54, 1.807) is 6.92 Å². The van der Waals surface area contributed by atoms with Crippen molar-refractivity contribution in [3.63, 3.8) is 0 Å². The molecule has 0 saturated heterocycles. The highest BCUT2D eigenvalue weighted by molar-refractivity contribution is 5.78. The van der Waals surface area contributed by atoms with Gasteiger partial charge in [-0.1, -0.05) is 0 Å². The molecule has 1 amide bonds. The number of carbonyl (C=O) groups excluding carboxylic acids is 1. The number of nitrogens with one attached hydrogen (secondary N) is 1. The number of nitrogens with two attached hydrogens (primary N) is 2. The molecular weight excluding hydrogens is 170 g/mol. The number of carbonyl (C=O) groups is 1. The van der Waals surface area contributed by atoms with Crippen LogP contribution in [0.5, 0.6) is 0 Å². The lowest BCUT2D eigenvalue weighted by atomic mass is 10.3. The van der Waals surface area contributed by atoms with E-state index in [2.05, 4.69) is 15.3 Å². The monoisotopic (exact) mass is 181 g/mol. The summed E-state index contributed by atoms with van der Waals surface area (Å²) >= 11 is 0. The molecule has 1 aromatic rings. The first-order valence-electron chi connectivity index (χ1n) is 3.70. The summed E-state index contributed by atoms with van der Waals surface area (Å²) in [5, 5.41) is 2.75. The first-order chi connectivity index (χ1) is 6.11. The zero-order chi connectivity index (χ0) is 9.84. The van der Waals surface area contributed by atoms with Crippen molar-refractivity contribution < 1.29 is 4.79 Å². The van der Waals surface area contributed by atoms with Gasteiger partial charge in [-0.3, -0.25) is 4.79 Å². The minimum absolute atomic E-state index is 0.0390. The van der Waals surface area contributed by atoms with Crippen molar-refractivity contribution in [2.75, 3.05) is 17.6 Å². The minimum Gasteiger partial charge on any atom is -0.383 e. The highest BCUT2D eigenvalue weighted by Gasteiger charge is 2.03. The van der Waals surface area contributed by atoms with E-state index < -0.39 is 5.91 Å². The van der Waals surface area contributed by atoms with Gasteiger partial charge in [0.15, 0.2) is 0 Å². The van der Waals surface area contributed by atoms with Gasteiger partial charge in [0, 0.05) is 5.56 Å². The fourth-order valence-electron chi connectivity index (χ4n) is 0.813. The lowest BCUT2D eigenvalue weighted by Crippen LogP contribution is -2.22. The maximum atomic E-state index is 10.5. The highest BCUT2D eigenvalue weighted by atomic mass is 16.1. The Kier molecular flexibility index (Phi) is 2.63. The largest absolute Gasteiger partial charge is 0.383 e. The second-order valence-electron chi connectivity index (χ2n) is 2.55. The van der Waals surface area contributed by atoms with Crippen molar-refractivity contribution in [3.05, 3.63) is 11.9 Å². The molecule has 0 atom stereocenters. The van der Waals surface area contributed by atoms with Crippen LogP contribution in [0.15, 0.2) is 6.33 Å². The van der Waals surface area contributed by atoms with Gasteiger partial charge in [0.1, 0.15) is 18.0 Å². The molecule has 0 aromatic carbocycles. The Morgan fingerprint density at radius 3 is 2.92 bits per heavy atom. The van der Waals surface area contributed by atoms with E-state index in [4.69, 9.17) is 11.5 Å². The van der Waals surface area contributed by atoms with E-state index >= 15 is 0 Å². The number of amides is 1. The summed E-state index contributed by atoms with van der Waals surface area (Å²) in [6.07, 6.45) is 1.33. The van der Waals surface area contributed by atoms with Crippen LogP contribution in [0.25, 0.3) is 0 Å². The van der Waals surface area contributed by atoms with Gasteiger partial charge in [0.05, 0.1) is 6.54 Å². The summed E-state index contributed by atoms with van der Waals surface area (Å²) < 4.78 is 0. The van der Waals surface area contributed by atoms with Crippen molar-refractivity contribution in [2.24, 2.45) is 5.73 Å². The van der Waals surface area contributed by atoms with Crippen molar-refractivity contribution in [1.82, 2.24) is 9.97 Å². The zero-order valence-electron chi connectivity index (χ0n) is 7.24. The van der Waals surface area contributed by atoms with E-state index in [1.807, 2.05) is 0 Å². The fourth-order valence-corrected chi connectivity index (χ4v) is 0.813. The molecule has 0 unspecified atom stereocenters. The van der Waals surface area contributed by atoms with Crippen LogP contribution in [0.4, 0.5) is 11.6 Å². The van der Waals surface area contributed by atoms with Gasteiger partial charge < -0.3 is 16.8 Å². The third-order valence-corrected chi connectivity index (χ3v) is 1.55. The zero-order valence-corrected chi connectivity index (χ0v) is 7.24. The lowest BCUT2D eigenvalue weighted by Gasteiger charge is -2.06. The molecule has 70 valence electrons. The number of aromatic nitrogens is 2. The van der Waals surface area contributed by atoms with Gasteiger partial charge in [-0.2, -0.15) is 0 Å². The van der Waals surface area contributed by atoms with Gasteiger partial charge in [-0.15, -0.1) is 0 Å². The van der Waals surface area contributed by atoms with Gasteiger partial charge in [0.25, 0.3) is 0 Å². The van der Waals surface area contributed by atoms with Crippen LogP contribution >= 0.6 is 0 Å². The SMILES string of the molecule is Cc1c(N)ncnc1NCC(N)=O. The van der Waals surface area contributed by atoms with Crippen molar-refractivity contribution in [2.45, 2.75) is 6.92 Å². The second kappa shape index (κ2) is 3.70. The van der Waals surface area contributed by atoms with E-state index in [9.17, 15) is 4.79 Å². The molecule has 1 heterocycles. The van der Waals surface area contributed by atoms with E-state index in [0.29, 0.717) is 17.2 Å². The molecule has 13 heavy (non-hydrogen) atoms. The van der Waals surface area contributed by atoms with Crippen LogP contribution < -0.4 is 16.8 Å². The maximum Gasteiger partial charge on any atom is 0.236 e. The van der Waals surface area contributed by atoms with Crippen LogP contribution in [0.3, 0.4) is 0 Å². The number of hydrogen-bond acceptors (Lipinski definition) is 5. The lowest BCUT2D eigenvalue weighted by molar-refractivity contribution is -0.116. The molecule has 0 aliphatic rings. The smallest absolute Gasteiger partial charge is 0.236 e. The topological polar surface area (TPSA) is 107 Å². The molecule has 0 radical (unpaired) electrons. The quantitative estimate of drug-likeness (QED) is 0.569. The predicted molar refractivity (Wildman–Crippen MR) is 48.9 cm³/mol. The average molecular weight is 181 g/mol. The second-order valence-corrected chi connectivity index (χ2v) is 2.55. The molecule has 0 aliphatic heterocycles. The molecule has 5 N–H and O–H groups in total. The number of nitrogen functional groups attached to an aromatic ring is 1. The number of primary amides is 1. The van der Waals surface area contributed by atoms with Gasteiger partial charge in [-0.25, -0.2) is 9.97 Å². The van der Waals surface area contributed by atoms with Crippen molar-refractivity contribution in [3.8, 4) is 0 Å². The molecule has 0 bridgehead atoms. The summed E-state index contributed by atoms with van der Waals surface area (Å²) in [5.74, 6) is 0.477. The van der Waals surface area contributed by atoms with Gasteiger partial charge >= 0.3 is 0 Å². The van der Waals surface area contributed by atoms with Gasteiger partial charge in [0.2, 0.25) is 5.91 Å². The molecule has 0 saturated carbocycles. The Balaban J connectivity index is 2.77. The van der Waals surface area contributed by atoms with Crippen LogP contribution in [0, 0.1) is 6.92 Å². The highest BCUT2D eigenvalue weighted by Crippen LogP contribution is 2.13. The summed E-state index contributed by atoms with van der Waals surface area (Å²) in [4.78, 5) is 18.1. The number of nitrogens with zero attached hydrogens (tertiary/aromatic N) is 2. The van der Waals surface area contributed by atoms with E-state index in [1.165, 1.54) is 6.33 Å². The molecule has 0 aliphatic carbocycles. The van der Waals surface area contributed by atoms with Crippen molar-refractivity contribution >= 4 is 17.5 Å². The Morgan fingerprint density at radius 2 is 2.31 bits per heavy atom. The van der Waals surface area contributed by atoms with E-state index in [-0.39, 0.29) is 6.54 Å². The normalized spacial score (nSPS) is 9.62. The third-order valence-electron chi connectivity index (χ3n) is 1.55. The third kappa shape index (κ3) is 2.29. The molecule has 0 fully saturated rings. The Bertz CT molecular complexity index is 325. The number of rotatable bonds is 3. The summed E-state index contributed by atoms with van der Waals surface area (Å²) in [6, 6.07) is 0. The number of anilines is 2. The van der Waals surface area contributed by atoms with Gasteiger partial charge in [-0.05, 0) is 6.92 Å². The molecular formula is C7H11N5O. The molecule has 1 rings (SSSR count). The fraction of sp³-hybridized carbons (Fsp3) is 0.286. The van der Waals surface area contributed by atoms with Crippen molar-refractivity contribution in [1.29, 1.82) is 0 Å². The van der Waals surface area contributed by atoms with E-state index in [0.717, 1.165) is 0 Å². The summed E-state index contributed by atoms with van der Waals surface area (Å²) in [5.41, 5.74) is 11.2. The summed E-state index contributed by atoms with van der Waals surface area (Å²) in [7, 11) is 0. The minimum atomic E-state index is -0.448. The Hall–Kier alpha value is -1.85. The summed E-state index contributed by atoms with van der Waals surface area (Å²) in [6.45, 7) is 1.80. The average Bonchev–Trinajstić information content (AvgIpc) is 2.07. The predicted octanol–water partition coefficient (Wildman–Crippen LogP) is -0.736. The Morgan fingerprint density at radius 1 is 1.62 bits per heavy atom. The molecule has 0 spiro atoms. The van der Waals surface area contributed by atoms with Crippen LogP contribution in [0.2, 0.25) is 0 Å². The number of hydrogen-bond donors (Lipinski definition) is 3. The Labute approximate surface area is 75.4 Å². The van der Waals surface area contributed by atoms with Crippen LogP contribution in [-0.4, -0.2) is 22.4 Å². The molecule has 6 nitrogen and oxygen atoms in total. The van der Waals surface area contributed by atoms with Crippen LogP contribution in [0.1, 0.15) is 5.56 Å². The maximum absolute atomic E-state index is 10.5. The first kappa shape index (κ1) is 9.24. The standard InChI is InChI=1S/C7H11N5O/c1-4-6(9)11-3-12-7(4)10-2-5(8)13/h3H,2H2,1H3,(H2,8,13)(H3,9,10,11,12). The van der Waals surface area contributed by atoms with Crippen LogP contribution in [-0.2, 0) is 4.79 Å². The first-order valence-corrected chi connectivity index (χ1v) is 3.70. The molecule has 6 heteroatoms.